The Morgan fingerprint density at radius 2 is 1.63 bits per heavy atom. The van der Waals surface area contributed by atoms with Gasteiger partial charge in [-0.25, -0.2) is 9.44 Å². The normalized spacial score (nSPS) is 18.4. The lowest BCUT2D eigenvalue weighted by Crippen LogP contribution is -2.37. The van der Waals surface area contributed by atoms with Crippen LogP contribution in [0.2, 0.25) is 0 Å². The molecule has 98 valence electrons. The van der Waals surface area contributed by atoms with Crippen molar-refractivity contribution in [2.24, 2.45) is 5.14 Å². The lowest BCUT2D eigenvalue weighted by atomic mass is 10.0. The molecule has 0 radical (unpaired) electrons. The predicted molar refractivity (Wildman–Crippen MR) is 74.9 cm³/mol. The van der Waals surface area contributed by atoms with Crippen molar-refractivity contribution < 1.29 is 8.42 Å². The molecule has 2 N–H and O–H groups in total. The van der Waals surface area contributed by atoms with Crippen LogP contribution >= 0.6 is 0 Å². The largest absolute Gasteiger partial charge is 0.299 e. The van der Waals surface area contributed by atoms with Crippen LogP contribution in [0.15, 0.2) is 54.6 Å². The van der Waals surface area contributed by atoms with E-state index in [1.807, 2.05) is 48.5 Å². The summed E-state index contributed by atoms with van der Waals surface area (Å²) in [6, 6.07) is 16.8. The maximum absolute atomic E-state index is 11.9. The van der Waals surface area contributed by atoms with Gasteiger partial charge in [0.05, 0.1) is 11.7 Å². The first-order valence-corrected chi connectivity index (χ1v) is 7.53. The van der Waals surface area contributed by atoms with Crippen LogP contribution in [0.4, 0.5) is 5.69 Å². The third kappa shape index (κ3) is 2.11. The molecule has 0 amide bonds. The monoisotopic (exact) mass is 274 g/mol. The van der Waals surface area contributed by atoms with Crippen LogP contribution in [0.5, 0.6) is 0 Å². The molecule has 0 fully saturated rings. The second-order valence-electron chi connectivity index (χ2n) is 4.60. The van der Waals surface area contributed by atoms with Crippen molar-refractivity contribution in [3.05, 3.63) is 65.7 Å². The number of anilines is 1. The standard InChI is InChI=1S/C14H14N2O2S/c15-19(17,18)16-13-9-5-4-8-12(13)10-14(16)11-6-2-1-3-7-11/h1-9,14H,10H2,(H2,15,17,18). The fraction of sp³-hybridized carbons (Fsp3) is 0.143. The minimum absolute atomic E-state index is 0.256. The van der Waals surface area contributed by atoms with E-state index < -0.39 is 10.2 Å². The quantitative estimate of drug-likeness (QED) is 0.910. The molecule has 1 aliphatic rings. The van der Waals surface area contributed by atoms with Crippen molar-refractivity contribution in [3.8, 4) is 0 Å². The lowest BCUT2D eigenvalue weighted by Gasteiger charge is -2.24. The number of nitrogens with two attached hydrogens (primary N) is 1. The van der Waals surface area contributed by atoms with E-state index >= 15 is 0 Å². The Labute approximate surface area is 112 Å². The molecule has 1 atom stereocenters. The first-order valence-electron chi connectivity index (χ1n) is 6.02. The Morgan fingerprint density at radius 3 is 2.32 bits per heavy atom. The predicted octanol–water partition coefficient (Wildman–Crippen LogP) is 1.99. The summed E-state index contributed by atoms with van der Waals surface area (Å²) in [5.74, 6) is 0. The highest BCUT2D eigenvalue weighted by Gasteiger charge is 2.36. The molecule has 2 aromatic carbocycles. The minimum Gasteiger partial charge on any atom is -0.250 e. The number of nitrogens with zero attached hydrogens (tertiary/aromatic N) is 1. The fourth-order valence-electron chi connectivity index (χ4n) is 2.60. The van der Waals surface area contributed by atoms with Crippen LogP contribution in [-0.4, -0.2) is 8.42 Å². The average molecular weight is 274 g/mol. The molecule has 0 aliphatic carbocycles. The zero-order valence-electron chi connectivity index (χ0n) is 10.2. The Kier molecular flexibility index (Phi) is 2.80. The molecule has 0 spiro atoms. The molecular weight excluding hydrogens is 260 g/mol. The highest BCUT2D eigenvalue weighted by Crippen LogP contribution is 2.41. The summed E-state index contributed by atoms with van der Waals surface area (Å²) in [4.78, 5) is 0. The second kappa shape index (κ2) is 4.36. The van der Waals surface area contributed by atoms with Gasteiger partial charge in [0.2, 0.25) is 0 Å². The van der Waals surface area contributed by atoms with E-state index in [9.17, 15) is 8.42 Å². The molecule has 1 heterocycles. The van der Waals surface area contributed by atoms with Gasteiger partial charge in [-0.05, 0) is 17.2 Å². The molecule has 2 aromatic rings. The van der Waals surface area contributed by atoms with Crippen LogP contribution in [0, 0.1) is 0 Å². The molecule has 0 saturated heterocycles. The molecular formula is C14H14N2O2S. The van der Waals surface area contributed by atoms with Gasteiger partial charge in [0, 0.05) is 6.42 Å². The molecule has 1 aliphatic heterocycles. The van der Waals surface area contributed by atoms with Crippen molar-refractivity contribution in [3.63, 3.8) is 0 Å². The summed E-state index contributed by atoms with van der Waals surface area (Å²) in [6.45, 7) is 0. The number of fused-ring (bicyclic) bond motifs is 1. The summed E-state index contributed by atoms with van der Waals surface area (Å²) in [7, 11) is -3.78. The van der Waals surface area contributed by atoms with Crippen LogP contribution < -0.4 is 9.44 Å². The van der Waals surface area contributed by atoms with Gasteiger partial charge < -0.3 is 0 Å². The number of benzene rings is 2. The Bertz CT molecular complexity index is 698. The lowest BCUT2D eigenvalue weighted by molar-refractivity contribution is 0.584. The first-order chi connectivity index (χ1) is 9.07. The molecule has 5 heteroatoms. The number of hydrogen-bond acceptors (Lipinski definition) is 2. The van der Waals surface area contributed by atoms with Crippen molar-refractivity contribution >= 4 is 15.9 Å². The molecule has 3 rings (SSSR count). The van der Waals surface area contributed by atoms with Gasteiger partial charge in [0.15, 0.2) is 0 Å². The van der Waals surface area contributed by atoms with E-state index in [0.717, 1.165) is 11.1 Å². The Morgan fingerprint density at radius 1 is 1.00 bits per heavy atom. The molecule has 4 nitrogen and oxygen atoms in total. The zero-order chi connectivity index (χ0) is 13.5. The maximum Gasteiger partial charge on any atom is 0.299 e. The summed E-state index contributed by atoms with van der Waals surface area (Å²) in [5.41, 5.74) is 2.64. The maximum atomic E-state index is 11.9. The first kappa shape index (κ1) is 12.2. The SMILES string of the molecule is NS(=O)(=O)N1c2ccccc2CC1c1ccccc1. The van der Waals surface area contributed by atoms with E-state index in [-0.39, 0.29) is 6.04 Å². The van der Waals surface area contributed by atoms with E-state index in [2.05, 4.69) is 0 Å². The number of hydrogen-bond donors (Lipinski definition) is 1. The van der Waals surface area contributed by atoms with E-state index in [0.29, 0.717) is 12.1 Å². The number of rotatable bonds is 2. The van der Waals surface area contributed by atoms with Gasteiger partial charge >= 0.3 is 0 Å². The highest BCUT2D eigenvalue weighted by atomic mass is 32.2. The van der Waals surface area contributed by atoms with Crippen LogP contribution in [0.25, 0.3) is 0 Å². The third-order valence-corrected chi connectivity index (χ3v) is 4.38. The highest BCUT2D eigenvalue weighted by molar-refractivity contribution is 7.90. The van der Waals surface area contributed by atoms with Crippen molar-refractivity contribution in [2.45, 2.75) is 12.5 Å². The van der Waals surface area contributed by atoms with E-state index in [1.54, 1.807) is 6.07 Å². The van der Waals surface area contributed by atoms with E-state index in [4.69, 9.17) is 5.14 Å². The molecule has 0 aromatic heterocycles. The van der Waals surface area contributed by atoms with Crippen LogP contribution in [0.1, 0.15) is 17.2 Å². The van der Waals surface area contributed by atoms with Gasteiger partial charge in [-0.15, -0.1) is 0 Å². The van der Waals surface area contributed by atoms with Gasteiger partial charge in [0.25, 0.3) is 10.2 Å². The third-order valence-electron chi connectivity index (χ3n) is 3.38. The summed E-state index contributed by atoms with van der Waals surface area (Å²) >= 11 is 0. The topological polar surface area (TPSA) is 63.4 Å². The Hall–Kier alpha value is -1.85. The van der Waals surface area contributed by atoms with Crippen LogP contribution in [0.3, 0.4) is 0 Å². The minimum atomic E-state index is -3.78. The molecule has 0 bridgehead atoms. The smallest absolute Gasteiger partial charge is 0.250 e. The van der Waals surface area contributed by atoms with Gasteiger partial charge in [-0.1, -0.05) is 48.5 Å². The molecule has 1 unspecified atom stereocenters. The van der Waals surface area contributed by atoms with Gasteiger partial charge in [-0.3, -0.25) is 0 Å². The zero-order valence-corrected chi connectivity index (χ0v) is 11.0. The Balaban J connectivity index is 2.14. The van der Waals surface area contributed by atoms with Gasteiger partial charge in [-0.2, -0.15) is 8.42 Å². The van der Waals surface area contributed by atoms with Crippen molar-refractivity contribution in [2.75, 3.05) is 4.31 Å². The van der Waals surface area contributed by atoms with Crippen molar-refractivity contribution in [1.29, 1.82) is 0 Å². The summed E-state index contributed by atoms with van der Waals surface area (Å²) in [6.07, 6.45) is 0.649. The van der Waals surface area contributed by atoms with Gasteiger partial charge in [0.1, 0.15) is 0 Å². The van der Waals surface area contributed by atoms with Crippen molar-refractivity contribution in [1.82, 2.24) is 0 Å². The average Bonchev–Trinajstić information content (AvgIpc) is 2.79. The van der Waals surface area contributed by atoms with E-state index in [1.165, 1.54) is 4.31 Å². The summed E-state index contributed by atoms with van der Waals surface area (Å²) < 4.78 is 25.1. The number of para-hydroxylation sites is 1. The molecule has 0 saturated carbocycles. The second-order valence-corrected chi connectivity index (χ2v) is 6.02. The van der Waals surface area contributed by atoms with Crippen LogP contribution in [-0.2, 0) is 16.6 Å². The fourth-order valence-corrected chi connectivity index (χ4v) is 3.60. The molecule has 19 heavy (non-hydrogen) atoms. The summed E-state index contributed by atoms with van der Waals surface area (Å²) in [5, 5.41) is 5.38.